The number of carbonyl (C=O) groups excluding carboxylic acids is 1. The number of likely N-dealkylation sites (tertiary alicyclic amines) is 1. The molecule has 0 aromatic heterocycles. The highest BCUT2D eigenvalue weighted by molar-refractivity contribution is 5.70. The van der Waals surface area contributed by atoms with E-state index in [1.807, 2.05) is 0 Å². The summed E-state index contributed by atoms with van der Waals surface area (Å²) in [5.74, 6) is -1.32. The summed E-state index contributed by atoms with van der Waals surface area (Å²) in [5.41, 5.74) is -1.16. The van der Waals surface area contributed by atoms with Crippen molar-refractivity contribution in [2.45, 2.75) is 44.4 Å². The molecule has 1 aromatic rings. The Morgan fingerprint density at radius 3 is 2.73 bits per heavy atom. The van der Waals surface area contributed by atoms with E-state index in [0.29, 0.717) is 6.42 Å². The van der Waals surface area contributed by atoms with Gasteiger partial charge in [-0.15, -0.1) is 0 Å². The van der Waals surface area contributed by atoms with E-state index >= 15 is 0 Å². The van der Waals surface area contributed by atoms with Gasteiger partial charge in [-0.25, -0.2) is 13.6 Å². The molecule has 120 valence electrons. The third-order valence-electron chi connectivity index (χ3n) is 4.36. The molecule has 2 fully saturated rings. The molecule has 1 N–H and O–H groups in total. The van der Waals surface area contributed by atoms with Crippen molar-refractivity contribution >= 4 is 6.09 Å². The van der Waals surface area contributed by atoms with Crippen molar-refractivity contribution in [1.82, 2.24) is 4.90 Å². The number of hydrogen-bond donors (Lipinski definition) is 1. The molecule has 1 saturated heterocycles. The lowest BCUT2D eigenvalue weighted by atomic mass is 9.94. The summed E-state index contributed by atoms with van der Waals surface area (Å²) in [6.07, 6.45) is -1.13. The average molecular weight is 311 g/mol. The Balaban J connectivity index is 1.85. The number of aliphatic hydroxyl groups is 1. The Morgan fingerprint density at radius 2 is 2.09 bits per heavy atom. The molecule has 4 nitrogen and oxygen atoms in total. The predicted molar refractivity (Wildman–Crippen MR) is 75.1 cm³/mol. The van der Waals surface area contributed by atoms with Crippen LogP contribution in [-0.4, -0.2) is 34.5 Å². The van der Waals surface area contributed by atoms with Crippen LogP contribution in [0.25, 0.3) is 0 Å². The molecule has 6 heteroatoms. The second-order valence-corrected chi connectivity index (χ2v) is 7.11. The second-order valence-electron chi connectivity index (χ2n) is 7.11. The highest BCUT2D eigenvalue weighted by Gasteiger charge is 2.67. The van der Waals surface area contributed by atoms with Crippen LogP contribution in [-0.2, 0) is 10.2 Å². The molecule has 3 rings (SSSR count). The summed E-state index contributed by atoms with van der Waals surface area (Å²) >= 11 is 0. The Morgan fingerprint density at radius 1 is 1.41 bits per heavy atom. The number of nitrogens with zero attached hydrogens (tertiary/aromatic N) is 1. The first-order chi connectivity index (χ1) is 10.1. The Labute approximate surface area is 127 Å². The predicted octanol–water partition coefficient (Wildman–Crippen LogP) is 2.79. The van der Waals surface area contributed by atoms with Crippen molar-refractivity contribution in [1.29, 1.82) is 0 Å². The topological polar surface area (TPSA) is 49.8 Å². The molecule has 1 aliphatic carbocycles. The van der Waals surface area contributed by atoms with Gasteiger partial charge in [0.15, 0.2) is 0 Å². The summed E-state index contributed by atoms with van der Waals surface area (Å²) < 4.78 is 32.7. The van der Waals surface area contributed by atoms with Gasteiger partial charge in [0, 0.05) is 17.9 Å². The van der Waals surface area contributed by atoms with Crippen molar-refractivity contribution < 1.29 is 23.4 Å². The normalized spacial score (nSPS) is 30.2. The number of hydrogen-bond acceptors (Lipinski definition) is 3. The van der Waals surface area contributed by atoms with Crippen molar-refractivity contribution in [3.63, 3.8) is 0 Å². The van der Waals surface area contributed by atoms with Gasteiger partial charge in [0.2, 0.25) is 0 Å². The lowest BCUT2D eigenvalue weighted by Gasteiger charge is -2.28. The third kappa shape index (κ3) is 2.35. The summed E-state index contributed by atoms with van der Waals surface area (Å²) in [7, 11) is 0. The number of ether oxygens (including phenoxy) is 1. The minimum atomic E-state index is -1.03. The van der Waals surface area contributed by atoms with Crippen molar-refractivity contribution in [2.24, 2.45) is 5.92 Å². The third-order valence-corrected chi connectivity index (χ3v) is 4.36. The van der Waals surface area contributed by atoms with Crippen LogP contribution in [0.2, 0.25) is 0 Å². The van der Waals surface area contributed by atoms with E-state index in [-0.39, 0.29) is 18.0 Å². The number of benzene rings is 1. The number of amides is 1. The van der Waals surface area contributed by atoms with Gasteiger partial charge in [0.1, 0.15) is 23.5 Å². The van der Waals surface area contributed by atoms with Crippen LogP contribution in [0.1, 0.15) is 32.8 Å². The standard InChI is InChI=1S/C16H19F2NO3/c1-15(2,3)22-14(21)19-8-16(7-11(16)13(19)20)10-6-9(17)4-5-12(10)18/h4-6,11,13,20H,7-8H2,1-3H3/t11?,13?,16-/m1/s1. The van der Waals surface area contributed by atoms with Gasteiger partial charge in [0.05, 0.1) is 0 Å². The quantitative estimate of drug-likeness (QED) is 0.867. The number of carbonyl (C=O) groups is 1. The molecule has 22 heavy (non-hydrogen) atoms. The van der Waals surface area contributed by atoms with E-state index in [9.17, 15) is 18.7 Å². The van der Waals surface area contributed by atoms with Crippen LogP contribution in [0, 0.1) is 17.6 Å². The number of piperidine rings is 1. The van der Waals surface area contributed by atoms with Crippen LogP contribution < -0.4 is 0 Å². The van der Waals surface area contributed by atoms with Gasteiger partial charge in [-0.3, -0.25) is 4.90 Å². The molecular weight excluding hydrogens is 292 g/mol. The molecule has 2 aliphatic rings. The molecule has 0 radical (unpaired) electrons. The van der Waals surface area contributed by atoms with Gasteiger partial charge in [-0.1, -0.05) is 0 Å². The van der Waals surface area contributed by atoms with E-state index in [1.54, 1.807) is 20.8 Å². The van der Waals surface area contributed by atoms with Crippen LogP contribution in [0.5, 0.6) is 0 Å². The monoisotopic (exact) mass is 311 g/mol. The van der Waals surface area contributed by atoms with Crippen LogP contribution in [0.15, 0.2) is 18.2 Å². The molecule has 3 atom stereocenters. The summed E-state index contributed by atoms with van der Waals surface area (Å²) in [6, 6.07) is 3.29. The molecule has 1 saturated carbocycles. The first kappa shape index (κ1) is 15.2. The lowest BCUT2D eigenvalue weighted by Crippen LogP contribution is -2.42. The molecule has 1 heterocycles. The molecule has 2 unspecified atom stereocenters. The molecule has 1 amide bonds. The highest BCUT2D eigenvalue weighted by atomic mass is 19.1. The molecular formula is C16H19F2NO3. The zero-order chi connectivity index (χ0) is 16.3. The number of halogens is 2. The molecule has 1 aromatic carbocycles. The van der Waals surface area contributed by atoms with E-state index in [0.717, 1.165) is 18.2 Å². The van der Waals surface area contributed by atoms with Crippen molar-refractivity contribution in [3.8, 4) is 0 Å². The van der Waals surface area contributed by atoms with Gasteiger partial charge >= 0.3 is 6.09 Å². The van der Waals surface area contributed by atoms with Crippen LogP contribution in [0.3, 0.4) is 0 Å². The maximum Gasteiger partial charge on any atom is 0.412 e. The van der Waals surface area contributed by atoms with Gasteiger partial charge in [-0.05, 0) is 51.0 Å². The van der Waals surface area contributed by atoms with E-state index < -0.39 is 35.0 Å². The largest absolute Gasteiger partial charge is 0.444 e. The first-order valence-corrected chi connectivity index (χ1v) is 7.27. The smallest absolute Gasteiger partial charge is 0.412 e. The highest BCUT2D eigenvalue weighted by Crippen LogP contribution is 2.62. The van der Waals surface area contributed by atoms with Crippen molar-refractivity contribution in [3.05, 3.63) is 35.4 Å². The minimum Gasteiger partial charge on any atom is -0.444 e. The maximum absolute atomic E-state index is 14.0. The van der Waals surface area contributed by atoms with Crippen molar-refractivity contribution in [2.75, 3.05) is 6.54 Å². The van der Waals surface area contributed by atoms with Gasteiger partial charge in [0.25, 0.3) is 0 Å². The van der Waals surface area contributed by atoms with E-state index in [4.69, 9.17) is 4.74 Å². The zero-order valence-electron chi connectivity index (χ0n) is 12.8. The summed E-state index contributed by atoms with van der Waals surface area (Å²) in [6.45, 7) is 5.33. The fourth-order valence-electron chi connectivity index (χ4n) is 3.29. The van der Waals surface area contributed by atoms with Crippen LogP contribution in [0.4, 0.5) is 13.6 Å². The number of aliphatic hydroxyl groups excluding tert-OH is 1. The summed E-state index contributed by atoms with van der Waals surface area (Å²) in [4.78, 5) is 13.3. The molecule has 0 bridgehead atoms. The fraction of sp³-hybridized carbons (Fsp3) is 0.562. The van der Waals surface area contributed by atoms with Gasteiger partial charge in [-0.2, -0.15) is 0 Å². The van der Waals surface area contributed by atoms with Crippen LogP contribution >= 0.6 is 0 Å². The Bertz CT molecular complexity index is 628. The number of fused-ring (bicyclic) bond motifs is 1. The van der Waals surface area contributed by atoms with E-state index in [1.165, 1.54) is 4.90 Å². The fourth-order valence-corrected chi connectivity index (χ4v) is 3.29. The van der Waals surface area contributed by atoms with E-state index in [2.05, 4.69) is 0 Å². The zero-order valence-corrected chi connectivity index (χ0v) is 12.8. The second kappa shape index (κ2) is 4.65. The van der Waals surface area contributed by atoms with Gasteiger partial charge < -0.3 is 9.84 Å². The first-order valence-electron chi connectivity index (χ1n) is 7.27. The molecule has 1 aliphatic heterocycles. The maximum atomic E-state index is 14.0. The number of rotatable bonds is 1. The minimum absolute atomic E-state index is 0.133. The summed E-state index contributed by atoms with van der Waals surface area (Å²) in [5, 5.41) is 10.3. The SMILES string of the molecule is CC(C)(C)OC(=O)N1C[C@@]2(c3cc(F)ccc3F)CC2C1O. The average Bonchev–Trinajstić information content (AvgIpc) is 3.05. The molecule has 0 spiro atoms. The Hall–Kier alpha value is -1.69. The Kier molecular flexibility index (Phi) is 3.22. The lowest BCUT2D eigenvalue weighted by molar-refractivity contribution is -0.0235.